The molecule has 1 rings (SSSR count). The van der Waals surface area contributed by atoms with Gasteiger partial charge in [-0.25, -0.2) is 4.79 Å². The van der Waals surface area contributed by atoms with Crippen molar-refractivity contribution in [1.82, 2.24) is 0 Å². The van der Waals surface area contributed by atoms with Gasteiger partial charge in [-0.3, -0.25) is 0 Å². The van der Waals surface area contributed by atoms with Gasteiger partial charge >= 0.3 is 5.97 Å². The maximum absolute atomic E-state index is 11.5. The van der Waals surface area contributed by atoms with Gasteiger partial charge in [-0.15, -0.1) is 0 Å². The normalized spacial score (nSPS) is 10.2. The Kier molecular flexibility index (Phi) is 6.15. The minimum Gasteiger partial charge on any atom is -0.493 e. The molecule has 0 aliphatic rings. The summed E-state index contributed by atoms with van der Waals surface area (Å²) >= 11 is 0. The Labute approximate surface area is 120 Å². The molecular formula is C15H23NO4. The van der Waals surface area contributed by atoms with Crippen molar-refractivity contribution in [3.05, 3.63) is 17.7 Å². The third kappa shape index (κ3) is 3.56. The van der Waals surface area contributed by atoms with Crippen molar-refractivity contribution in [3.8, 4) is 11.5 Å². The van der Waals surface area contributed by atoms with E-state index in [9.17, 15) is 9.90 Å². The van der Waals surface area contributed by atoms with Gasteiger partial charge in [-0.1, -0.05) is 13.8 Å². The predicted molar refractivity (Wildman–Crippen MR) is 79.3 cm³/mol. The van der Waals surface area contributed by atoms with E-state index in [1.165, 1.54) is 13.2 Å². The second-order valence-corrected chi connectivity index (χ2v) is 4.52. The molecule has 0 radical (unpaired) electrons. The number of benzene rings is 1. The molecule has 5 heteroatoms. The zero-order chi connectivity index (χ0) is 15.1. The average Bonchev–Trinajstić information content (AvgIpc) is 2.45. The molecule has 0 spiro atoms. The van der Waals surface area contributed by atoms with Gasteiger partial charge in [-0.05, 0) is 12.8 Å². The average molecular weight is 281 g/mol. The van der Waals surface area contributed by atoms with Crippen molar-refractivity contribution in [1.29, 1.82) is 0 Å². The van der Waals surface area contributed by atoms with Crippen molar-refractivity contribution in [2.24, 2.45) is 0 Å². The van der Waals surface area contributed by atoms with Crippen LogP contribution in [0.5, 0.6) is 11.5 Å². The third-order valence-electron chi connectivity index (χ3n) is 3.06. The van der Waals surface area contributed by atoms with E-state index in [-0.39, 0.29) is 5.56 Å². The van der Waals surface area contributed by atoms with Gasteiger partial charge < -0.3 is 19.5 Å². The summed E-state index contributed by atoms with van der Waals surface area (Å²) in [5, 5.41) is 9.41. The van der Waals surface area contributed by atoms with E-state index in [4.69, 9.17) is 9.47 Å². The Morgan fingerprint density at radius 1 is 1.10 bits per heavy atom. The van der Waals surface area contributed by atoms with Crippen LogP contribution in [0.15, 0.2) is 12.1 Å². The number of methoxy groups -OCH3 is 2. The quantitative estimate of drug-likeness (QED) is 0.793. The molecule has 0 aromatic heterocycles. The Balaban J connectivity index is 3.36. The molecule has 0 bridgehead atoms. The summed E-state index contributed by atoms with van der Waals surface area (Å²) in [5.41, 5.74) is 0.920. The number of ether oxygens (including phenoxy) is 2. The summed E-state index contributed by atoms with van der Waals surface area (Å²) in [6.07, 6.45) is 1.90. The molecular weight excluding hydrogens is 258 g/mol. The maximum atomic E-state index is 11.5. The highest BCUT2D eigenvalue weighted by molar-refractivity contribution is 5.95. The van der Waals surface area contributed by atoms with E-state index in [0.29, 0.717) is 17.2 Å². The lowest BCUT2D eigenvalue weighted by Gasteiger charge is -2.26. The Morgan fingerprint density at radius 3 is 2.00 bits per heavy atom. The molecule has 0 saturated carbocycles. The molecule has 0 fully saturated rings. The zero-order valence-electron chi connectivity index (χ0n) is 12.6. The molecule has 20 heavy (non-hydrogen) atoms. The number of hydrogen-bond donors (Lipinski definition) is 1. The highest BCUT2D eigenvalue weighted by Gasteiger charge is 2.19. The molecule has 1 aromatic rings. The second-order valence-electron chi connectivity index (χ2n) is 4.52. The minimum atomic E-state index is -0.960. The van der Waals surface area contributed by atoms with Crippen molar-refractivity contribution in [2.45, 2.75) is 26.7 Å². The number of rotatable bonds is 8. The summed E-state index contributed by atoms with van der Waals surface area (Å²) in [6, 6.07) is 3.27. The second kappa shape index (κ2) is 7.62. The van der Waals surface area contributed by atoms with Crippen LogP contribution in [0.2, 0.25) is 0 Å². The Morgan fingerprint density at radius 2 is 1.60 bits per heavy atom. The highest BCUT2D eigenvalue weighted by Crippen LogP contribution is 2.35. The van der Waals surface area contributed by atoms with E-state index in [2.05, 4.69) is 18.7 Å². The summed E-state index contributed by atoms with van der Waals surface area (Å²) < 4.78 is 10.4. The van der Waals surface area contributed by atoms with Gasteiger partial charge in [0.2, 0.25) is 0 Å². The van der Waals surface area contributed by atoms with Crippen LogP contribution in [-0.4, -0.2) is 38.4 Å². The molecule has 0 atom stereocenters. The molecule has 112 valence electrons. The first-order valence-corrected chi connectivity index (χ1v) is 6.83. The van der Waals surface area contributed by atoms with Crippen LogP contribution in [-0.2, 0) is 0 Å². The van der Waals surface area contributed by atoms with Crippen LogP contribution < -0.4 is 14.4 Å². The van der Waals surface area contributed by atoms with Crippen LogP contribution in [0.25, 0.3) is 0 Å². The first kappa shape index (κ1) is 16.1. The summed E-state index contributed by atoms with van der Waals surface area (Å²) in [6.45, 7) is 5.76. The largest absolute Gasteiger partial charge is 0.493 e. The standard InChI is InChI=1S/C15H23NO4/c1-5-7-16(8-6-2)12-10-14(20-4)13(19-3)9-11(12)15(17)18/h9-10H,5-8H2,1-4H3,(H,17,18). The number of hydrogen-bond acceptors (Lipinski definition) is 4. The van der Waals surface area contributed by atoms with Crippen LogP contribution in [0.4, 0.5) is 5.69 Å². The highest BCUT2D eigenvalue weighted by atomic mass is 16.5. The minimum absolute atomic E-state index is 0.240. The molecule has 0 aliphatic heterocycles. The third-order valence-corrected chi connectivity index (χ3v) is 3.06. The van der Waals surface area contributed by atoms with Gasteiger partial charge in [0.25, 0.3) is 0 Å². The number of nitrogens with zero attached hydrogens (tertiary/aromatic N) is 1. The van der Waals surface area contributed by atoms with Crippen LogP contribution in [0.1, 0.15) is 37.0 Å². The molecule has 0 aliphatic carbocycles. The molecule has 0 unspecified atom stereocenters. The molecule has 0 amide bonds. The van der Waals surface area contributed by atoms with Crippen molar-refractivity contribution >= 4 is 11.7 Å². The fourth-order valence-electron chi connectivity index (χ4n) is 2.19. The number of carboxylic acid groups (broad SMARTS) is 1. The van der Waals surface area contributed by atoms with Crippen LogP contribution in [0, 0.1) is 0 Å². The van der Waals surface area contributed by atoms with Crippen molar-refractivity contribution < 1.29 is 19.4 Å². The van der Waals surface area contributed by atoms with E-state index in [0.717, 1.165) is 25.9 Å². The number of aromatic carboxylic acids is 1. The number of anilines is 1. The molecule has 1 aromatic carbocycles. The molecule has 0 heterocycles. The van der Waals surface area contributed by atoms with Gasteiger partial charge in [0.1, 0.15) is 0 Å². The number of carbonyl (C=O) groups is 1. The lowest BCUT2D eigenvalue weighted by Crippen LogP contribution is -2.27. The fraction of sp³-hybridized carbons (Fsp3) is 0.533. The fourth-order valence-corrected chi connectivity index (χ4v) is 2.19. The van der Waals surface area contributed by atoms with Gasteiger partial charge in [0, 0.05) is 25.2 Å². The van der Waals surface area contributed by atoms with E-state index >= 15 is 0 Å². The summed E-state index contributed by atoms with van der Waals surface area (Å²) in [7, 11) is 3.05. The predicted octanol–water partition coefficient (Wildman–Crippen LogP) is 3.03. The Bertz CT molecular complexity index is 453. The van der Waals surface area contributed by atoms with E-state index < -0.39 is 5.97 Å². The first-order chi connectivity index (χ1) is 9.58. The molecule has 1 N–H and O–H groups in total. The lowest BCUT2D eigenvalue weighted by atomic mass is 10.1. The monoisotopic (exact) mass is 281 g/mol. The molecule has 5 nitrogen and oxygen atoms in total. The first-order valence-electron chi connectivity index (χ1n) is 6.83. The van der Waals surface area contributed by atoms with Gasteiger partial charge in [0.05, 0.1) is 25.5 Å². The smallest absolute Gasteiger partial charge is 0.337 e. The van der Waals surface area contributed by atoms with Crippen molar-refractivity contribution in [2.75, 3.05) is 32.2 Å². The topological polar surface area (TPSA) is 59.0 Å². The SMILES string of the molecule is CCCN(CCC)c1cc(OC)c(OC)cc1C(=O)O. The van der Waals surface area contributed by atoms with Gasteiger partial charge in [-0.2, -0.15) is 0 Å². The van der Waals surface area contributed by atoms with E-state index in [1.807, 2.05) is 0 Å². The van der Waals surface area contributed by atoms with Crippen LogP contribution in [0.3, 0.4) is 0 Å². The van der Waals surface area contributed by atoms with Crippen molar-refractivity contribution in [3.63, 3.8) is 0 Å². The van der Waals surface area contributed by atoms with Crippen LogP contribution >= 0.6 is 0 Å². The van der Waals surface area contributed by atoms with Gasteiger partial charge in [0.15, 0.2) is 11.5 Å². The summed E-state index contributed by atoms with van der Waals surface area (Å²) in [5.74, 6) is 0.0180. The lowest BCUT2D eigenvalue weighted by molar-refractivity contribution is 0.0697. The maximum Gasteiger partial charge on any atom is 0.337 e. The number of carboxylic acids is 1. The molecule has 0 saturated heterocycles. The zero-order valence-corrected chi connectivity index (χ0v) is 12.6. The summed E-state index contributed by atoms with van der Waals surface area (Å²) in [4.78, 5) is 13.6. The van der Waals surface area contributed by atoms with E-state index in [1.54, 1.807) is 13.2 Å². The Hall–Kier alpha value is -1.91.